The molecule has 0 aliphatic carbocycles. The Balaban J connectivity index is 1.38. The first-order valence-electron chi connectivity index (χ1n) is 10.8. The summed E-state index contributed by atoms with van der Waals surface area (Å²) in [5.41, 5.74) is 1.98. The van der Waals surface area contributed by atoms with Crippen LogP contribution in [0.5, 0.6) is 0 Å². The number of aryl methyl sites for hydroxylation is 2. The Morgan fingerprint density at radius 2 is 1.97 bits per heavy atom. The number of aromatic nitrogens is 1. The lowest BCUT2D eigenvalue weighted by Gasteiger charge is -2.31. The minimum absolute atomic E-state index is 0.0586. The summed E-state index contributed by atoms with van der Waals surface area (Å²) in [6, 6.07) is 14.5. The van der Waals surface area contributed by atoms with Crippen molar-refractivity contribution in [3.8, 4) is 0 Å². The summed E-state index contributed by atoms with van der Waals surface area (Å²) in [6.07, 6.45) is 2.98. The van der Waals surface area contributed by atoms with Crippen molar-refractivity contribution in [2.24, 2.45) is 13.0 Å². The number of nitrogens with zero attached hydrogens (tertiary/aromatic N) is 2. The zero-order chi connectivity index (χ0) is 22.7. The molecule has 1 aliphatic heterocycles. The SMILES string of the molecule is Cn1c(=O)oc2cc(S(=O)(=O)N3CCC[C@H](C(=O)NCCCc4ccccc4)C3)ccc21. The van der Waals surface area contributed by atoms with Gasteiger partial charge in [0.1, 0.15) is 0 Å². The average molecular weight is 458 g/mol. The van der Waals surface area contributed by atoms with Gasteiger partial charge in [0.05, 0.1) is 16.3 Å². The molecule has 1 atom stereocenters. The fourth-order valence-corrected chi connectivity index (χ4v) is 5.63. The predicted molar refractivity (Wildman–Crippen MR) is 121 cm³/mol. The zero-order valence-corrected chi connectivity index (χ0v) is 18.8. The van der Waals surface area contributed by atoms with Crippen LogP contribution in [0.2, 0.25) is 0 Å². The minimum Gasteiger partial charge on any atom is -0.408 e. The van der Waals surface area contributed by atoms with Crippen LogP contribution in [0, 0.1) is 5.92 Å². The van der Waals surface area contributed by atoms with E-state index in [4.69, 9.17) is 4.42 Å². The fourth-order valence-electron chi connectivity index (χ4n) is 4.09. The fraction of sp³-hybridized carbons (Fsp3) is 0.391. The Kier molecular flexibility index (Phi) is 6.48. The molecule has 32 heavy (non-hydrogen) atoms. The molecule has 1 amide bonds. The molecule has 1 aliphatic rings. The predicted octanol–water partition coefficient (Wildman–Crippen LogP) is 2.28. The standard InChI is InChI=1S/C23H27N3O5S/c1-25-20-12-11-19(15-21(20)31-23(25)28)32(29,30)26-14-6-10-18(16-26)22(27)24-13-5-9-17-7-3-2-4-8-17/h2-4,7-8,11-12,15,18H,5-6,9-10,13-14,16H2,1H3,(H,24,27)/t18-/m0/s1. The van der Waals surface area contributed by atoms with E-state index in [1.807, 2.05) is 18.2 Å². The second-order valence-corrected chi connectivity index (χ2v) is 10.1. The maximum atomic E-state index is 13.2. The van der Waals surface area contributed by atoms with Gasteiger partial charge in [-0.2, -0.15) is 4.31 Å². The molecule has 2 heterocycles. The highest BCUT2D eigenvalue weighted by atomic mass is 32.2. The number of rotatable bonds is 7. The van der Waals surface area contributed by atoms with Crippen LogP contribution < -0.4 is 11.1 Å². The number of fused-ring (bicyclic) bond motifs is 1. The van der Waals surface area contributed by atoms with Crippen molar-refractivity contribution in [2.45, 2.75) is 30.6 Å². The second-order valence-electron chi connectivity index (χ2n) is 8.14. The van der Waals surface area contributed by atoms with Gasteiger partial charge in [-0.1, -0.05) is 30.3 Å². The number of hydrogen-bond acceptors (Lipinski definition) is 5. The summed E-state index contributed by atoms with van der Waals surface area (Å²) in [7, 11) is -2.24. The third-order valence-electron chi connectivity index (χ3n) is 5.94. The van der Waals surface area contributed by atoms with E-state index in [1.165, 1.54) is 26.6 Å². The molecule has 0 radical (unpaired) electrons. The molecule has 1 N–H and O–H groups in total. The third-order valence-corrected chi connectivity index (χ3v) is 7.80. The van der Waals surface area contributed by atoms with Gasteiger partial charge in [-0.25, -0.2) is 13.2 Å². The molecule has 3 aromatic rings. The summed E-state index contributed by atoms with van der Waals surface area (Å²) < 4.78 is 34.2. The second kappa shape index (κ2) is 9.30. The molecule has 8 nitrogen and oxygen atoms in total. The van der Waals surface area contributed by atoms with Gasteiger partial charge in [0, 0.05) is 32.7 Å². The van der Waals surface area contributed by atoms with E-state index in [1.54, 1.807) is 13.1 Å². The molecule has 0 saturated carbocycles. The van der Waals surface area contributed by atoms with E-state index >= 15 is 0 Å². The number of nitrogens with one attached hydrogen (secondary N) is 1. The molecular formula is C23H27N3O5S. The normalized spacial score (nSPS) is 17.5. The molecule has 0 spiro atoms. The summed E-state index contributed by atoms with van der Waals surface area (Å²) in [5.74, 6) is -1.03. The topological polar surface area (TPSA) is 102 Å². The van der Waals surface area contributed by atoms with E-state index in [9.17, 15) is 18.0 Å². The molecule has 170 valence electrons. The highest BCUT2D eigenvalue weighted by Gasteiger charge is 2.33. The number of oxazole rings is 1. The Bertz CT molecular complexity index is 1260. The van der Waals surface area contributed by atoms with Gasteiger partial charge in [-0.15, -0.1) is 0 Å². The molecule has 9 heteroatoms. The van der Waals surface area contributed by atoms with Crippen LogP contribution in [0.3, 0.4) is 0 Å². The van der Waals surface area contributed by atoms with Crippen LogP contribution in [0.1, 0.15) is 24.8 Å². The van der Waals surface area contributed by atoms with Crippen LogP contribution in [0.4, 0.5) is 0 Å². The number of carbonyl (C=O) groups is 1. The van der Waals surface area contributed by atoms with Crippen molar-refractivity contribution >= 4 is 27.0 Å². The van der Waals surface area contributed by atoms with Crippen molar-refractivity contribution in [3.05, 3.63) is 64.6 Å². The van der Waals surface area contributed by atoms with Gasteiger partial charge < -0.3 is 9.73 Å². The Morgan fingerprint density at radius 1 is 1.19 bits per heavy atom. The van der Waals surface area contributed by atoms with Gasteiger partial charge in [0.15, 0.2) is 5.58 Å². The van der Waals surface area contributed by atoms with Gasteiger partial charge in [-0.3, -0.25) is 9.36 Å². The Hall–Kier alpha value is -2.91. The van der Waals surface area contributed by atoms with Gasteiger partial charge in [0.25, 0.3) is 0 Å². The van der Waals surface area contributed by atoms with Crippen LogP contribution in [-0.4, -0.2) is 42.8 Å². The molecule has 1 saturated heterocycles. The van der Waals surface area contributed by atoms with Crippen LogP contribution in [-0.2, 0) is 28.3 Å². The first-order chi connectivity index (χ1) is 15.4. The van der Waals surface area contributed by atoms with Crippen LogP contribution in [0.25, 0.3) is 11.1 Å². The van der Waals surface area contributed by atoms with Crippen molar-refractivity contribution in [1.82, 2.24) is 14.2 Å². The van der Waals surface area contributed by atoms with Crippen molar-refractivity contribution in [3.63, 3.8) is 0 Å². The molecule has 1 aromatic heterocycles. The third kappa shape index (κ3) is 4.63. The van der Waals surface area contributed by atoms with E-state index < -0.39 is 15.8 Å². The molecule has 2 aromatic carbocycles. The van der Waals surface area contributed by atoms with Gasteiger partial charge in [0.2, 0.25) is 15.9 Å². The highest BCUT2D eigenvalue weighted by molar-refractivity contribution is 7.89. The molecule has 4 rings (SSSR count). The Morgan fingerprint density at radius 3 is 2.75 bits per heavy atom. The van der Waals surface area contributed by atoms with Crippen molar-refractivity contribution in [2.75, 3.05) is 19.6 Å². The van der Waals surface area contributed by atoms with Crippen molar-refractivity contribution < 1.29 is 17.6 Å². The molecule has 0 bridgehead atoms. The zero-order valence-electron chi connectivity index (χ0n) is 18.0. The van der Waals surface area contributed by atoms with Crippen molar-refractivity contribution in [1.29, 1.82) is 0 Å². The maximum Gasteiger partial charge on any atom is 0.419 e. The first-order valence-corrected chi connectivity index (χ1v) is 12.2. The maximum absolute atomic E-state index is 13.2. The largest absolute Gasteiger partial charge is 0.419 e. The van der Waals surface area contributed by atoms with Gasteiger partial charge in [-0.05, 0) is 43.4 Å². The lowest BCUT2D eigenvalue weighted by atomic mass is 9.99. The lowest BCUT2D eigenvalue weighted by molar-refractivity contribution is -0.126. The summed E-state index contributed by atoms with van der Waals surface area (Å²) in [4.78, 5) is 24.4. The number of amides is 1. The first kappa shape index (κ1) is 22.3. The summed E-state index contributed by atoms with van der Waals surface area (Å²) in [6.45, 7) is 1.06. The highest BCUT2D eigenvalue weighted by Crippen LogP contribution is 2.26. The number of carbonyl (C=O) groups excluding carboxylic acids is 1. The van der Waals surface area contributed by atoms with Crippen LogP contribution in [0.15, 0.2) is 62.6 Å². The number of sulfonamides is 1. The summed E-state index contributed by atoms with van der Waals surface area (Å²) in [5, 5.41) is 2.95. The minimum atomic E-state index is -3.80. The van der Waals surface area contributed by atoms with E-state index in [0.29, 0.717) is 31.4 Å². The average Bonchev–Trinajstić information content (AvgIpc) is 3.10. The molecule has 1 fully saturated rings. The number of hydrogen-bond donors (Lipinski definition) is 1. The van der Waals surface area contributed by atoms with E-state index in [2.05, 4.69) is 17.4 Å². The number of benzene rings is 2. The quantitative estimate of drug-likeness (QED) is 0.549. The van der Waals surface area contributed by atoms with E-state index in [0.717, 1.165) is 12.8 Å². The number of piperidine rings is 1. The van der Waals surface area contributed by atoms with E-state index in [-0.39, 0.29) is 28.8 Å². The summed E-state index contributed by atoms with van der Waals surface area (Å²) >= 11 is 0. The lowest BCUT2D eigenvalue weighted by Crippen LogP contribution is -2.45. The monoisotopic (exact) mass is 457 g/mol. The smallest absolute Gasteiger partial charge is 0.408 e. The molecular weight excluding hydrogens is 430 g/mol. The van der Waals surface area contributed by atoms with Gasteiger partial charge >= 0.3 is 5.76 Å². The van der Waals surface area contributed by atoms with Crippen LogP contribution >= 0.6 is 0 Å². The molecule has 0 unspecified atom stereocenters. The Labute approximate surface area is 186 Å².